The summed E-state index contributed by atoms with van der Waals surface area (Å²) in [4.78, 5) is 0. The summed E-state index contributed by atoms with van der Waals surface area (Å²) in [5.41, 5.74) is 0.0573. The van der Waals surface area contributed by atoms with Crippen molar-refractivity contribution in [3.63, 3.8) is 0 Å². The van der Waals surface area contributed by atoms with Crippen molar-refractivity contribution in [3.8, 4) is 0 Å². The molecule has 2 rings (SSSR count). The first-order valence-electron chi connectivity index (χ1n) is 5.70. The van der Waals surface area contributed by atoms with E-state index in [-0.39, 0.29) is 16.4 Å². The van der Waals surface area contributed by atoms with E-state index in [1.54, 1.807) is 0 Å². The van der Waals surface area contributed by atoms with E-state index >= 15 is 0 Å². The third-order valence-corrected chi connectivity index (χ3v) is 5.19. The van der Waals surface area contributed by atoms with Gasteiger partial charge in [0, 0.05) is 0 Å². The fourth-order valence-corrected chi connectivity index (χ4v) is 4.08. The summed E-state index contributed by atoms with van der Waals surface area (Å²) >= 11 is 0. The minimum Gasteiger partial charge on any atom is -0.389 e. The van der Waals surface area contributed by atoms with Crippen molar-refractivity contribution in [2.45, 2.75) is 64.9 Å². The predicted molar refractivity (Wildman–Crippen MR) is 54.5 cm³/mol. The molecule has 0 heterocycles. The second-order valence-electron chi connectivity index (χ2n) is 5.69. The van der Waals surface area contributed by atoms with Crippen molar-refractivity contribution >= 4 is 0 Å². The molecule has 0 spiro atoms. The standard InChI is InChI=1S/C12H22O/c1-4-12(13)10(2)6-5-7-11(12,3)9-8-10/h13H,4-9H2,1-3H3/t10-,11-/m1/s1. The summed E-state index contributed by atoms with van der Waals surface area (Å²) < 4.78 is 0. The average molecular weight is 182 g/mol. The molecule has 0 aromatic carbocycles. The fourth-order valence-electron chi connectivity index (χ4n) is 4.08. The van der Waals surface area contributed by atoms with Crippen molar-refractivity contribution in [1.29, 1.82) is 0 Å². The average Bonchev–Trinajstić information content (AvgIpc) is 2.27. The molecular weight excluding hydrogens is 160 g/mol. The van der Waals surface area contributed by atoms with Crippen LogP contribution in [0.5, 0.6) is 0 Å². The highest BCUT2D eigenvalue weighted by molar-refractivity contribution is 5.14. The zero-order valence-electron chi connectivity index (χ0n) is 9.19. The Morgan fingerprint density at radius 1 is 1.00 bits per heavy atom. The molecule has 2 aliphatic carbocycles. The number of hydrogen-bond donors (Lipinski definition) is 1. The molecule has 2 atom stereocenters. The van der Waals surface area contributed by atoms with Gasteiger partial charge < -0.3 is 5.11 Å². The van der Waals surface area contributed by atoms with Crippen LogP contribution in [0, 0.1) is 10.8 Å². The number of rotatable bonds is 1. The van der Waals surface area contributed by atoms with Crippen molar-refractivity contribution in [1.82, 2.24) is 0 Å². The molecule has 13 heavy (non-hydrogen) atoms. The van der Waals surface area contributed by atoms with Gasteiger partial charge >= 0.3 is 0 Å². The van der Waals surface area contributed by atoms with Crippen LogP contribution in [0.3, 0.4) is 0 Å². The second-order valence-corrected chi connectivity index (χ2v) is 5.69. The highest BCUT2D eigenvalue weighted by atomic mass is 16.3. The monoisotopic (exact) mass is 182 g/mol. The number of fused-ring (bicyclic) bond motifs is 2. The van der Waals surface area contributed by atoms with Gasteiger partial charge in [-0.2, -0.15) is 0 Å². The third kappa shape index (κ3) is 0.918. The van der Waals surface area contributed by atoms with Gasteiger partial charge in [0.25, 0.3) is 0 Å². The maximum absolute atomic E-state index is 10.8. The molecule has 0 amide bonds. The Labute approximate surface area is 81.5 Å². The SMILES string of the molecule is CCC1(O)[C@]2(C)CCC[C@]1(C)CC2. The highest BCUT2D eigenvalue weighted by Gasteiger charge is 2.63. The molecule has 76 valence electrons. The normalized spacial score (nSPS) is 55.4. The Morgan fingerprint density at radius 3 is 1.77 bits per heavy atom. The molecule has 0 radical (unpaired) electrons. The van der Waals surface area contributed by atoms with Crippen molar-refractivity contribution in [3.05, 3.63) is 0 Å². The molecule has 0 aliphatic heterocycles. The molecule has 0 aromatic rings. The Balaban J connectivity index is 2.43. The molecule has 2 fully saturated rings. The molecule has 2 saturated carbocycles. The van der Waals surface area contributed by atoms with Crippen molar-refractivity contribution in [2.24, 2.45) is 10.8 Å². The number of hydrogen-bond acceptors (Lipinski definition) is 1. The van der Waals surface area contributed by atoms with E-state index in [1.165, 1.54) is 32.1 Å². The molecule has 0 aromatic heterocycles. The maximum Gasteiger partial charge on any atom is 0.0751 e. The van der Waals surface area contributed by atoms with Gasteiger partial charge in [-0.3, -0.25) is 0 Å². The predicted octanol–water partition coefficient (Wildman–Crippen LogP) is 3.12. The van der Waals surface area contributed by atoms with E-state index in [1.807, 2.05) is 0 Å². The summed E-state index contributed by atoms with van der Waals surface area (Å²) in [7, 11) is 0. The van der Waals surface area contributed by atoms with Gasteiger partial charge in [-0.15, -0.1) is 0 Å². The van der Waals surface area contributed by atoms with Crippen molar-refractivity contribution < 1.29 is 5.11 Å². The highest BCUT2D eigenvalue weighted by Crippen LogP contribution is 2.65. The minimum atomic E-state index is -0.377. The lowest BCUT2D eigenvalue weighted by atomic mass is 9.57. The van der Waals surface area contributed by atoms with Gasteiger partial charge in [0.15, 0.2) is 0 Å². The molecule has 1 heteroatoms. The van der Waals surface area contributed by atoms with Crippen LogP contribution in [-0.2, 0) is 0 Å². The zero-order valence-corrected chi connectivity index (χ0v) is 9.19. The number of aliphatic hydroxyl groups is 1. The first-order valence-corrected chi connectivity index (χ1v) is 5.70. The summed E-state index contributed by atoms with van der Waals surface area (Å²) in [6.45, 7) is 6.73. The molecule has 0 saturated heterocycles. The largest absolute Gasteiger partial charge is 0.389 e. The first kappa shape index (κ1) is 9.51. The summed E-state index contributed by atoms with van der Waals surface area (Å²) in [6.07, 6.45) is 7.16. The molecule has 1 N–H and O–H groups in total. The molecule has 2 bridgehead atoms. The van der Waals surface area contributed by atoms with Gasteiger partial charge in [0.2, 0.25) is 0 Å². The van der Waals surface area contributed by atoms with Crippen molar-refractivity contribution in [2.75, 3.05) is 0 Å². The van der Waals surface area contributed by atoms with Crippen LogP contribution in [0.1, 0.15) is 59.3 Å². The smallest absolute Gasteiger partial charge is 0.0751 e. The van der Waals surface area contributed by atoms with Gasteiger partial charge in [0.1, 0.15) is 0 Å². The van der Waals surface area contributed by atoms with E-state index in [4.69, 9.17) is 0 Å². The van der Waals surface area contributed by atoms with Crippen LogP contribution < -0.4 is 0 Å². The first-order chi connectivity index (χ1) is 5.97. The van der Waals surface area contributed by atoms with Crippen LogP contribution in [0.4, 0.5) is 0 Å². The fraction of sp³-hybridized carbons (Fsp3) is 1.00. The van der Waals surface area contributed by atoms with Gasteiger partial charge in [0.05, 0.1) is 5.60 Å². The third-order valence-electron chi connectivity index (χ3n) is 5.19. The second kappa shape index (κ2) is 2.50. The molecule has 2 aliphatic rings. The van der Waals surface area contributed by atoms with Crippen LogP contribution in [0.2, 0.25) is 0 Å². The Hall–Kier alpha value is -0.0400. The Bertz CT molecular complexity index is 205. The molecular formula is C12H22O. The topological polar surface area (TPSA) is 20.2 Å². The summed E-state index contributed by atoms with van der Waals surface area (Å²) in [5, 5.41) is 10.8. The Kier molecular flexibility index (Phi) is 1.83. The van der Waals surface area contributed by atoms with E-state index in [0.717, 1.165) is 6.42 Å². The lowest BCUT2D eigenvalue weighted by Gasteiger charge is -2.52. The summed E-state index contributed by atoms with van der Waals surface area (Å²) in [6, 6.07) is 0. The van der Waals surface area contributed by atoms with Gasteiger partial charge in [-0.25, -0.2) is 0 Å². The van der Waals surface area contributed by atoms with Crippen LogP contribution in [0.15, 0.2) is 0 Å². The van der Waals surface area contributed by atoms with E-state index in [9.17, 15) is 5.11 Å². The molecule has 1 nitrogen and oxygen atoms in total. The van der Waals surface area contributed by atoms with E-state index < -0.39 is 0 Å². The summed E-state index contributed by atoms with van der Waals surface area (Å²) in [5.74, 6) is 0. The minimum absolute atomic E-state index is 0.217. The zero-order chi connectivity index (χ0) is 9.74. The van der Waals surface area contributed by atoms with Crippen LogP contribution in [0.25, 0.3) is 0 Å². The lowest BCUT2D eigenvalue weighted by molar-refractivity contribution is -0.151. The van der Waals surface area contributed by atoms with Crippen LogP contribution in [-0.4, -0.2) is 10.7 Å². The van der Waals surface area contributed by atoms with E-state index in [2.05, 4.69) is 20.8 Å². The quantitative estimate of drug-likeness (QED) is 0.660. The van der Waals surface area contributed by atoms with E-state index in [0.29, 0.717) is 0 Å². The maximum atomic E-state index is 10.8. The van der Waals surface area contributed by atoms with Gasteiger partial charge in [-0.05, 0) is 42.9 Å². The Morgan fingerprint density at radius 2 is 1.46 bits per heavy atom. The molecule has 0 unspecified atom stereocenters. The van der Waals surface area contributed by atoms with Crippen LogP contribution >= 0.6 is 0 Å². The lowest BCUT2D eigenvalue weighted by Crippen LogP contribution is -2.54. The van der Waals surface area contributed by atoms with Gasteiger partial charge in [-0.1, -0.05) is 27.2 Å².